The summed E-state index contributed by atoms with van der Waals surface area (Å²) in [6.07, 6.45) is 2.63. The number of benzene rings is 1. The zero-order valence-electron chi connectivity index (χ0n) is 10.4. The summed E-state index contributed by atoms with van der Waals surface area (Å²) in [6, 6.07) is 4.56. The van der Waals surface area contributed by atoms with Crippen LogP contribution < -0.4 is 15.8 Å². The van der Waals surface area contributed by atoms with E-state index in [1.54, 1.807) is 30.0 Å². The predicted molar refractivity (Wildman–Crippen MR) is 77.6 cm³/mol. The minimum Gasteiger partial charge on any atom is -0.495 e. The minimum absolute atomic E-state index is 0.203. The van der Waals surface area contributed by atoms with E-state index in [0.717, 1.165) is 5.75 Å². The van der Waals surface area contributed by atoms with Crippen LogP contribution in [0.1, 0.15) is 6.42 Å². The molecule has 3 N–H and O–H groups in total. The third kappa shape index (κ3) is 4.40. The summed E-state index contributed by atoms with van der Waals surface area (Å²) in [7, 11) is 1.54. The van der Waals surface area contributed by atoms with Gasteiger partial charge in [-0.05, 0) is 36.6 Å². The van der Waals surface area contributed by atoms with Crippen LogP contribution >= 0.6 is 23.4 Å². The smallest absolute Gasteiger partial charge is 0.241 e. The summed E-state index contributed by atoms with van der Waals surface area (Å²) < 4.78 is 5.03. The summed E-state index contributed by atoms with van der Waals surface area (Å²) in [6.45, 7) is 0. The number of methoxy groups -OCH3 is 1. The topological polar surface area (TPSA) is 64.3 Å². The van der Waals surface area contributed by atoms with Crippen LogP contribution in [0, 0.1) is 0 Å². The molecule has 4 nitrogen and oxygen atoms in total. The third-order valence-corrected chi connectivity index (χ3v) is 3.33. The number of nitrogens with one attached hydrogen (secondary N) is 1. The molecule has 100 valence electrons. The number of ether oxygens (including phenoxy) is 1. The lowest BCUT2D eigenvalue weighted by Crippen LogP contribution is -2.36. The van der Waals surface area contributed by atoms with E-state index in [2.05, 4.69) is 5.32 Å². The van der Waals surface area contributed by atoms with E-state index in [4.69, 9.17) is 22.1 Å². The molecule has 18 heavy (non-hydrogen) atoms. The Morgan fingerprint density at radius 1 is 1.61 bits per heavy atom. The first-order valence-electron chi connectivity index (χ1n) is 5.47. The maximum atomic E-state index is 11.8. The van der Waals surface area contributed by atoms with Gasteiger partial charge >= 0.3 is 0 Å². The SMILES string of the molecule is COc1ccc(NC(=O)C(N)CCSC)cc1Cl. The second-order valence-corrected chi connectivity index (χ2v) is 5.12. The molecule has 1 aromatic rings. The first-order valence-corrected chi connectivity index (χ1v) is 7.24. The van der Waals surface area contributed by atoms with Crippen molar-refractivity contribution in [2.75, 3.05) is 24.4 Å². The molecule has 1 rings (SSSR count). The highest BCUT2D eigenvalue weighted by atomic mass is 35.5. The number of amides is 1. The molecular formula is C12H17ClN2O2S. The van der Waals surface area contributed by atoms with Crippen molar-refractivity contribution in [2.24, 2.45) is 5.73 Å². The Morgan fingerprint density at radius 3 is 2.89 bits per heavy atom. The number of carbonyl (C=O) groups excluding carboxylic acids is 1. The van der Waals surface area contributed by atoms with Gasteiger partial charge in [0.05, 0.1) is 18.2 Å². The van der Waals surface area contributed by atoms with Gasteiger partial charge in [0.25, 0.3) is 0 Å². The summed E-state index contributed by atoms with van der Waals surface area (Å²) in [5.41, 5.74) is 6.38. The van der Waals surface area contributed by atoms with Crippen LogP contribution in [-0.2, 0) is 4.79 Å². The second kappa shape index (κ2) is 7.51. The van der Waals surface area contributed by atoms with E-state index in [0.29, 0.717) is 22.9 Å². The molecule has 1 amide bonds. The number of thioether (sulfide) groups is 1. The van der Waals surface area contributed by atoms with Crippen molar-refractivity contribution < 1.29 is 9.53 Å². The van der Waals surface area contributed by atoms with Crippen molar-refractivity contribution >= 4 is 35.0 Å². The molecule has 0 fully saturated rings. The van der Waals surface area contributed by atoms with Gasteiger partial charge in [-0.2, -0.15) is 11.8 Å². The average molecular weight is 289 g/mol. The van der Waals surface area contributed by atoms with Crippen molar-refractivity contribution in [1.82, 2.24) is 0 Å². The predicted octanol–water partition coefficient (Wildman–Crippen LogP) is 2.37. The second-order valence-electron chi connectivity index (χ2n) is 3.73. The highest BCUT2D eigenvalue weighted by molar-refractivity contribution is 7.98. The maximum Gasteiger partial charge on any atom is 0.241 e. The molecular weight excluding hydrogens is 272 g/mol. The Labute approximate surface area is 116 Å². The number of hydrogen-bond acceptors (Lipinski definition) is 4. The lowest BCUT2D eigenvalue weighted by atomic mass is 10.2. The minimum atomic E-state index is -0.502. The molecule has 0 aliphatic heterocycles. The van der Waals surface area contributed by atoms with Crippen LogP contribution in [0.3, 0.4) is 0 Å². The third-order valence-electron chi connectivity index (χ3n) is 2.39. The van der Waals surface area contributed by atoms with Crippen molar-refractivity contribution in [3.05, 3.63) is 23.2 Å². The quantitative estimate of drug-likeness (QED) is 0.843. The number of anilines is 1. The number of halogens is 1. The van der Waals surface area contributed by atoms with Crippen molar-refractivity contribution in [1.29, 1.82) is 0 Å². The molecule has 0 radical (unpaired) electrons. The molecule has 0 heterocycles. The van der Waals surface area contributed by atoms with Gasteiger partial charge in [-0.1, -0.05) is 11.6 Å². The van der Waals surface area contributed by atoms with Crippen molar-refractivity contribution in [3.8, 4) is 5.75 Å². The van der Waals surface area contributed by atoms with E-state index < -0.39 is 6.04 Å². The van der Waals surface area contributed by atoms with Crippen molar-refractivity contribution in [2.45, 2.75) is 12.5 Å². The standard InChI is InChI=1S/C12H17ClN2O2S/c1-17-11-4-3-8(7-9(11)13)15-12(16)10(14)5-6-18-2/h3-4,7,10H,5-6,14H2,1-2H3,(H,15,16). The Bertz CT molecular complexity index is 415. The van der Waals surface area contributed by atoms with Gasteiger partial charge < -0.3 is 15.8 Å². The molecule has 0 aliphatic carbocycles. The fourth-order valence-corrected chi connectivity index (χ4v) is 2.10. The fourth-order valence-electron chi connectivity index (χ4n) is 1.36. The maximum absolute atomic E-state index is 11.8. The molecule has 0 aromatic heterocycles. The van der Waals surface area contributed by atoms with Gasteiger partial charge in [-0.25, -0.2) is 0 Å². The monoisotopic (exact) mass is 288 g/mol. The van der Waals surface area contributed by atoms with Gasteiger partial charge in [0.2, 0.25) is 5.91 Å². The number of rotatable bonds is 6. The Balaban J connectivity index is 2.61. The van der Waals surface area contributed by atoms with Crippen LogP contribution in [0.25, 0.3) is 0 Å². The van der Waals surface area contributed by atoms with Gasteiger partial charge in [-0.15, -0.1) is 0 Å². The van der Waals surface area contributed by atoms with Gasteiger partial charge in [0.15, 0.2) is 0 Å². The number of nitrogens with two attached hydrogens (primary N) is 1. The Kier molecular flexibility index (Phi) is 6.32. The van der Waals surface area contributed by atoms with Crippen LogP contribution in [0.15, 0.2) is 18.2 Å². The van der Waals surface area contributed by atoms with Crippen molar-refractivity contribution in [3.63, 3.8) is 0 Å². The Hall–Kier alpha value is -0.910. The van der Waals surface area contributed by atoms with Crippen LogP contribution in [-0.4, -0.2) is 31.1 Å². The first-order chi connectivity index (χ1) is 8.58. The summed E-state index contributed by atoms with van der Waals surface area (Å²) >= 11 is 7.63. The van der Waals surface area contributed by atoms with Crippen LogP contribution in [0.2, 0.25) is 5.02 Å². The van der Waals surface area contributed by atoms with E-state index in [1.165, 1.54) is 7.11 Å². The molecule has 0 saturated heterocycles. The Morgan fingerprint density at radius 2 is 2.33 bits per heavy atom. The fraction of sp³-hybridized carbons (Fsp3) is 0.417. The van der Waals surface area contributed by atoms with E-state index in [-0.39, 0.29) is 5.91 Å². The lowest BCUT2D eigenvalue weighted by molar-refractivity contribution is -0.117. The molecule has 0 spiro atoms. The molecule has 0 aliphatic rings. The van der Waals surface area contributed by atoms with E-state index in [1.807, 2.05) is 6.26 Å². The van der Waals surface area contributed by atoms with Crippen LogP contribution in [0.5, 0.6) is 5.75 Å². The zero-order chi connectivity index (χ0) is 13.5. The normalized spacial score (nSPS) is 12.0. The summed E-state index contributed by atoms with van der Waals surface area (Å²) in [5.74, 6) is 1.23. The largest absolute Gasteiger partial charge is 0.495 e. The lowest BCUT2D eigenvalue weighted by Gasteiger charge is -2.12. The summed E-state index contributed by atoms with van der Waals surface area (Å²) in [4.78, 5) is 11.8. The molecule has 0 saturated carbocycles. The summed E-state index contributed by atoms with van der Waals surface area (Å²) in [5, 5.41) is 3.18. The number of hydrogen-bond donors (Lipinski definition) is 2. The van der Waals surface area contributed by atoms with E-state index >= 15 is 0 Å². The van der Waals surface area contributed by atoms with Gasteiger partial charge in [0.1, 0.15) is 5.75 Å². The molecule has 6 heteroatoms. The molecule has 1 aromatic carbocycles. The van der Waals surface area contributed by atoms with Gasteiger partial charge in [-0.3, -0.25) is 4.79 Å². The average Bonchev–Trinajstić information content (AvgIpc) is 2.36. The first kappa shape index (κ1) is 15.1. The van der Waals surface area contributed by atoms with Crippen LogP contribution in [0.4, 0.5) is 5.69 Å². The highest BCUT2D eigenvalue weighted by Crippen LogP contribution is 2.27. The molecule has 1 unspecified atom stereocenters. The highest BCUT2D eigenvalue weighted by Gasteiger charge is 2.13. The number of carbonyl (C=O) groups is 1. The molecule has 0 bridgehead atoms. The van der Waals surface area contributed by atoms with E-state index in [9.17, 15) is 4.79 Å². The molecule has 1 atom stereocenters. The zero-order valence-corrected chi connectivity index (χ0v) is 12.0. The van der Waals surface area contributed by atoms with Gasteiger partial charge in [0, 0.05) is 5.69 Å².